The second kappa shape index (κ2) is 14.2. The fourth-order valence-corrected chi connectivity index (χ4v) is 6.84. The number of hydrogen-bond donors (Lipinski definition) is 1. The molecule has 228 valence electrons. The van der Waals surface area contributed by atoms with Gasteiger partial charge in [-0.3, -0.25) is 0 Å². The van der Waals surface area contributed by atoms with Crippen LogP contribution in [0.4, 0.5) is 0 Å². The highest BCUT2D eigenvalue weighted by Gasteiger charge is 2.47. The maximum absolute atomic E-state index is 10.1. The molecule has 1 saturated carbocycles. The number of rotatable bonds is 9. The van der Waals surface area contributed by atoms with Gasteiger partial charge in [-0.25, -0.2) is 0 Å². The molecule has 42 heavy (non-hydrogen) atoms. The maximum Gasteiger partial charge on any atom is 0.0982 e. The predicted molar refractivity (Wildman–Crippen MR) is 182 cm³/mol. The summed E-state index contributed by atoms with van der Waals surface area (Å²) in [5.74, 6) is 0. The lowest BCUT2D eigenvalue weighted by atomic mass is 9.67. The SMILES string of the molecule is CC(C=CC=C(C)C=CC1=C(C)CC(O)CC1(C)C)=CC=CC=C(C)C=CC=C(C)C1C=C2C(C)(C)CCCC2(C)O1. The Morgan fingerprint density at radius 3 is 1.95 bits per heavy atom. The lowest BCUT2D eigenvalue weighted by Crippen LogP contribution is -2.39. The van der Waals surface area contributed by atoms with Crippen molar-refractivity contribution in [1.82, 2.24) is 0 Å². The first-order valence-corrected chi connectivity index (χ1v) is 15.8. The molecule has 0 spiro atoms. The Labute approximate surface area is 257 Å². The number of ether oxygens (including phenoxy) is 1. The number of aliphatic hydroxyl groups excluding tert-OH is 1. The Kier molecular flexibility index (Phi) is 11.4. The van der Waals surface area contributed by atoms with Gasteiger partial charge in [0.25, 0.3) is 0 Å². The summed E-state index contributed by atoms with van der Waals surface area (Å²) in [5, 5.41) is 10.1. The molecule has 2 nitrogen and oxygen atoms in total. The lowest BCUT2D eigenvalue weighted by Gasteiger charge is -2.42. The average molecular weight is 569 g/mol. The quantitative estimate of drug-likeness (QED) is 0.221. The molecule has 3 unspecified atom stereocenters. The van der Waals surface area contributed by atoms with Crippen LogP contribution >= 0.6 is 0 Å². The fourth-order valence-electron chi connectivity index (χ4n) is 6.84. The van der Waals surface area contributed by atoms with Gasteiger partial charge >= 0.3 is 0 Å². The third-order valence-electron chi connectivity index (χ3n) is 9.16. The summed E-state index contributed by atoms with van der Waals surface area (Å²) in [6.07, 6.45) is 33.2. The van der Waals surface area contributed by atoms with Gasteiger partial charge in [0.2, 0.25) is 0 Å². The molecule has 1 fully saturated rings. The highest BCUT2D eigenvalue weighted by molar-refractivity contribution is 5.39. The van der Waals surface area contributed by atoms with E-state index in [1.54, 1.807) is 0 Å². The van der Waals surface area contributed by atoms with E-state index in [4.69, 9.17) is 4.74 Å². The lowest BCUT2D eigenvalue weighted by molar-refractivity contribution is -0.0307. The van der Waals surface area contributed by atoms with Crippen molar-refractivity contribution >= 4 is 0 Å². The van der Waals surface area contributed by atoms with E-state index in [2.05, 4.69) is 148 Å². The van der Waals surface area contributed by atoms with Gasteiger partial charge in [-0.15, -0.1) is 0 Å². The molecule has 3 atom stereocenters. The molecule has 0 amide bonds. The highest BCUT2D eigenvalue weighted by atomic mass is 16.5. The summed E-state index contributed by atoms with van der Waals surface area (Å²) in [6, 6.07) is 0. The molecule has 0 radical (unpaired) electrons. The third-order valence-corrected chi connectivity index (χ3v) is 9.16. The van der Waals surface area contributed by atoms with Gasteiger partial charge in [0.05, 0.1) is 17.8 Å². The first-order chi connectivity index (χ1) is 19.6. The number of fused-ring (bicyclic) bond motifs is 1. The van der Waals surface area contributed by atoms with Gasteiger partial charge in [0.1, 0.15) is 0 Å². The van der Waals surface area contributed by atoms with Crippen LogP contribution in [0.15, 0.2) is 118 Å². The topological polar surface area (TPSA) is 29.5 Å². The predicted octanol–water partition coefficient (Wildman–Crippen LogP) is 10.8. The fraction of sp³-hybridized carbons (Fsp3) is 0.500. The van der Waals surface area contributed by atoms with Crippen LogP contribution in [0.25, 0.3) is 0 Å². The van der Waals surface area contributed by atoms with Gasteiger partial charge in [0, 0.05) is 0 Å². The molecule has 0 aromatic carbocycles. The van der Waals surface area contributed by atoms with Crippen molar-refractivity contribution in [1.29, 1.82) is 0 Å². The Balaban J connectivity index is 1.51. The molecule has 1 aliphatic heterocycles. The van der Waals surface area contributed by atoms with Crippen LogP contribution in [0.3, 0.4) is 0 Å². The minimum Gasteiger partial charge on any atom is -0.393 e. The summed E-state index contributed by atoms with van der Waals surface area (Å²) in [4.78, 5) is 0. The molecule has 0 bridgehead atoms. The van der Waals surface area contributed by atoms with Crippen molar-refractivity contribution in [3.8, 4) is 0 Å². The van der Waals surface area contributed by atoms with E-state index in [9.17, 15) is 5.11 Å². The summed E-state index contributed by atoms with van der Waals surface area (Å²) < 4.78 is 6.55. The van der Waals surface area contributed by atoms with E-state index < -0.39 is 0 Å². The van der Waals surface area contributed by atoms with E-state index in [0.29, 0.717) is 0 Å². The number of allylic oxidation sites excluding steroid dienone is 16. The zero-order valence-corrected chi connectivity index (χ0v) is 28.1. The molecular weight excluding hydrogens is 512 g/mol. The van der Waals surface area contributed by atoms with E-state index >= 15 is 0 Å². The standard InChI is InChI=1S/C40H56O2/c1-29(18-13-19-31(3)22-23-35-33(5)26-34(41)28-39(35,8)9)16-11-12-17-30(2)20-14-21-32(4)36-27-37-38(6,7)24-15-25-40(37,10)42-36/h11-14,16-23,27,34,36,41H,15,24-26,28H2,1-10H3. The van der Waals surface area contributed by atoms with Crippen molar-refractivity contribution in [2.24, 2.45) is 10.8 Å². The largest absolute Gasteiger partial charge is 0.393 e. The summed E-state index contributed by atoms with van der Waals surface area (Å²) in [7, 11) is 0. The van der Waals surface area contributed by atoms with Crippen molar-refractivity contribution in [2.45, 2.75) is 119 Å². The summed E-state index contributed by atoms with van der Waals surface area (Å²) in [5.41, 5.74) is 9.13. The molecule has 1 N–H and O–H groups in total. The molecule has 0 aromatic rings. The van der Waals surface area contributed by atoms with Crippen LogP contribution < -0.4 is 0 Å². The normalized spacial score (nSPS) is 29.5. The second-order valence-electron chi connectivity index (χ2n) is 14.3. The molecule has 1 heterocycles. The first kappa shape index (κ1) is 33.8. The molecule has 0 saturated heterocycles. The van der Waals surface area contributed by atoms with Gasteiger partial charge in [0.15, 0.2) is 0 Å². The molecule has 3 aliphatic rings. The van der Waals surface area contributed by atoms with E-state index in [0.717, 1.165) is 19.3 Å². The van der Waals surface area contributed by atoms with Crippen LogP contribution in [-0.4, -0.2) is 22.9 Å². The van der Waals surface area contributed by atoms with Crippen molar-refractivity contribution in [3.63, 3.8) is 0 Å². The second-order valence-corrected chi connectivity index (χ2v) is 14.3. The minimum absolute atomic E-state index is 0.00964. The Hall–Kier alpha value is -2.68. The summed E-state index contributed by atoms with van der Waals surface area (Å²) >= 11 is 0. The number of hydrogen-bond acceptors (Lipinski definition) is 2. The molecule has 2 heteroatoms. The smallest absolute Gasteiger partial charge is 0.0982 e. The van der Waals surface area contributed by atoms with Crippen LogP contribution in [-0.2, 0) is 4.74 Å². The summed E-state index contributed by atoms with van der Waals surface area (Å²) in [6.45, 7) is 22.1. The van der Waals surface area contributed by atoms with E-state index in [1.165, 1.54) is 51.9 Å². The van der Waals surface area contributed by atoms with E-state index in [-0.39, 0.29) is 28.6 Å². The maximum atomic E-state index is 10.1. The zero-order chi connectivity index (χ0) is 31.1. The van der Waals surface area contributed by atoms with Crippen molar-refractivity contribution in [2.75, 3.05) is 0 Å². The van der Waals surface area contributed by atoms with Crippen molar-refractivity contribution in [3.05, 3.63) is 118 Å². The Morgan fingerprint density at radius 1 is 0.786 bits per heavy atom. The van der Waals surface area contributed by atoms with Crippen LogP contribution in [0.5, 0.6) is 0 Å². The molecule has 3 rings (SSSR count). The molecular formula is C40H56O2. The molecule has 2 aliphatic carbocycles. The Morgan fingerprint density at radius 2 is 1.36 bits per heavy atom. The van der Waals surface area contributed by atoms with Crippen LogP contribution in [0.1, 0.15) is 101 Å². The third kappa shape index (κ3) is 9.16. The zero-order valence-electron chi connectivity index (χ0n) is 28.1. The monoisotopic (exact) mass is 568 g/mol. The minimum atomic E-state index is -0.223. The number of aliphatic hydroxyl groups is 1. The van der Waals surface area contributed by atoms with Crippen molar-refractivity contribution < 1.29 is 9.84 Å². The van der Waals surface area contributed by atoms with Crippen LogP contribution in [0.2, 0.25) is 0 Å². The van der Waals surface area contributed by atoms with Gasteiger partial charge < -0.3 is 9.84 Å². The van der Waals surface area contributed by atoms with Crippen LogP contribution in [0, 0.1) is 10.8 Å². The highest BCUT2D eigenvalue weighted by Crippen LogP contribution is 2.52. The van der Waals surface area contributed by atoms with Gasteiger partial charge in [-0.2, -0.15) is 0 Å². The first-order valence-electron chi connectivity index (χ1n) is 15.8. The average Bonchev–Trinajstić information content (AvgIpc) is 3.24. The van der Waals surface area contributed by atoms with Gasteiger partial charge in [-0.05, 0) is 107 Å². The Bertz CT molecular complexity index is 1290. The van der Waals surface area contributed by atoms with Gasteiger partial charge in [-0.1, -0.05) is 123 Å². The molecule has 0 aromatic heterocycles. The van der Waals surface area contributed by atoms with E-state index in [1.807, 2.05) is 0 Å².